The van der Waals surface area contributed by atoms with Crippen LogP contribution in [-0.2, 0) is 9.59 Å². The molecule has 1 atom stereocenters. The van der Waals surface area contributed by atoms with Crippen molar-refractivity contribution in [2.75, 3.05) is 24.3 Å². The van der Waals surface area contributed by atoms with Gasteiger partial charge in [0.1, 0.15) is 11.6 Å². The van der Waals surface area contributed by atoms with Crippen molar-refractivity contribution >= 4 is 29.5 Å². The summed E-state index contributed by atoms with van der Waals surface area (Å²) in [5, 5.41) is 23.8. The molecule has 0 aliphatic rings. The Morgan fingerprint density at radius 3 is 2.39 bits per heavy atom. The molecule has 3 aromatic rings. The first kappa shape index (κ1) is 29.5. The predicted octanol–water partition coefficient (Wildman–Crippen LogP) is 4.11. The smallest absolute Gasteiger partial charge is 0.414 e. The number of benzene rings is 1. The molecule has 0 aliphatic carbocycles. The van der Waals surface area contributed by atoms with Crippen molar-refractivity contribution in [3.63, 3.8) is 0 Å². The van der Waals surface area contributed by atoms with E-state index in [0.29, 0.717) is 23.8 Å². The molecule has 0 bridgehead atoms. The highest BCUT2D eigenvalue weighted by Gasteiger charge is 2.15. The lowest BCUT2D eigenvalue weighted by molar-refractivity contribution is -0.159. The van der Waals surface area contributed by atoms with Gasteiger partial charge in [0.25, 0.3) is 0 Å². The highest BCUT2D eigenvalue weighted by atomic mass is 16.5. The summed E-state index contributed by atoms with van der Waals surface area (Å²) in [6, 6.07) is 9.31. The minimum Gasteiger partial charge on any atom is -0.495 e. The minimum absolute atomic E-state index is 0.105. The quantitative estimate of drug-likeness (QED) is 0.256. The normalized spacial score (nSPS) is 10.8. The highest BCUT2D eigenvalue weighted by Crippen LogP contribution is 2.31. The van der Waals surface area contributed by atoms with Gasteiger partial charge in [-0.1, -0.05) is 19.4 Å². The Hall–Kier alpha value is -4.74. The van der Waals surface area contributed by atoms with Crippen LogP contribution in [0, 0.1) is 6.92 Å². The van der Waals surface area contributed by atoms with Crippen molar-refractivity contribution in [3.8, 4) is 17.1 Å². The lowest BCUT2D eigenvalue weighted by Crippen LogP contribution is -2.28. The van der Waals surface area contributed by atoms with E-state index < -0.39 is 11.9 Å². The third-order valence-electron chi connectivity index (χ3n) is 5.18. The number of carbonyl (C=O) groups excluding carboxylic acids is 1. The third kappa shape index (κ3) is 8.73. The first-order valence-electron chi connectivity index (χ1n) is 11.9. The standard InChI is InChI=1S/C24H30N6O2.C2H2O4/c1-5-8-19(18-9-7-12-25-15-18)28-22-16(3)14-27-23(30-22)17-10-11-20(21(13-17)32-4)29-24(31)26-6-2;3-1(4)2(5)6/h7,9-15,19H,5-6,8H2,1-4H3,(H2,26,29,31)(H,27,28,30);(H,3,4)(H,5,6)/t19-;/m0./s1. The fourth-order valence-corrected chi connectivity index (χ4v) is 3.35. The molecule has 0 spiro atoms. The second kappa shape index (κ2) is 14.7. The predicted molar refractivity (Wildman–Crippen MR) is 142 cm³/mol. The van der Waals surface area contributed by atoms with Gasteiger partial charge in [-0.3, -0.25) is 4.98 Å². The maximum absolute atomic E-state index is 11.9. The second-order valence-corrected chi connectivity index (χ2v) is 8.01. The summed E-state index contributed by atoms with van der Waals surface area (Å²) in [6.45, 7) is 6.54. The van der Waals surface area contributed by atoms with Crippen LogP contribution in [0.3, 0.4) is 0 Å². The number of urea groups is 1. The van der Waals surface area contributed by atoms with Crippen LogP contribution in [0.1, 0.15) is 43.9 Å². The van der Waals surface area contributed by atoms with Crippen LogP contribution in [0.2, 0.25) is 0 Å². The molecule has 0 saturated heterocycles. The number of nitrogens with zero attached hydrogens (tertiary/aromatic N) is 3. The molecule has 12 heteroatoms. The molecule has 0 radical (unpaired) electrons. The number of aliphatic carboxylic acids is 2. The summed E-state index contributed by atoms with van der Waals surface area (Å²) >= 11 is 0. The van der Waals surface area contributed by atoms with Gasteiger partial charge in [-0.2, -0.15) is 0 Å². The van der Waals surface area contributed by atoms with Crippen molar-refractivity contribution in [2.24, 2.45) is 0 Å². The summed E-state index contributed by atoms with van der Waals surface area (Å²) in [7, 11) is 1.56. The Kier molecular flexibility index (Phi) is 11.4. The lowest BCUT2D eigenvalue weighted by Gasteiger charge is -2.20. The largest absolute Gasteiger partial charge is 0.495 e. The van der Waals surface area contributed by atoms with E-state index in [-0.39, 0.29) is 12.1 Å². The van der Waals surface area contributed by atoms with Crippen LogP contribution >= 0.6 is 0 Å². The molecular formula is C26H32N6O6. The van der Waals surface area contributed by atoms with Gasteiger partial charge in [0.2, 0.25) is 0 Å². The van der Waals surface area contributed by atoms with Gasteiger partial charge >= 0.3 is 18.0 Å². The Morgan fingerprint density at radius 2 is 1.82 bits per heavy atom. The molecule has 5 N–H and O–H groups in total. The van der Waals surface area contributed by atoms with Gasteiger partial charge in [0.05, 0.1) is 18.8 Å². The van der Waals surface area contributed by atoms with E-state index in [4.69, 9.17) is 29.5 Å². The first-order chi connectivity index (χ1) is 18.2. The van der Waals surface area contributed by atoms with E-state index in [1.165, 1.54) is 0 Å². The summed E-state index contributed by atoms with van der Waals surface area (Å²) in [5.41, 5.74) is 3.45. The zero-order valence-corrected chi connectivity index (χ0v) is 21.7. The average Bonchev–Trinajstić information content (AvgIpc) is 2.90. The second-order valence-electron chi connectivity index (χ2n) is 8.01. The molecule has 38 heavy (non-hydrogen) atoms. The molecule has 2 aromatic heterocycles. The Labute approximate surface area is 220 Å². The third-order valence-corrected chi connectivity index (χ3v) is 5.18. The molecule has 0 unspecified atom stereocenters. The van der Waals surface area contributed by atoms with Crippen molar-refractivity contribution in [1.82, 2.24) is 20.3 Å². The van der Waals surface area contributed by atoms with E-state index in [1.807, 2.05) is 44.4 Å². The number of carboxylic acid groups (broad SMARTS) is 2. The Balaban J connectivity index is 0.000000757. The number of nitrogens with one attached hydrogen (secondary N) is 3. The fourth-order valence-electron chi connectivity index (χ4n) is 3.35. The number of amides is 2. The number of rotatable bonds is 9. The van der Waals surface area contributed by atoms with Crippen molar-refractivity contribution < 1.29 is 29.3 Å². The van der Waals surface area contributed by atoms with Gasteiger partial charge < -0.3 is 30.9 Å². The number of carbonyl (C=O) groups is 3. The number of aryl methyl sites for hydroxylation is 1. The zero-order valence-electron chi connectivity index (χ0n) is 21.7. The van der Waals surface area contributed by atoms with Crippen LogP contribution in [0.15, 0.2) is 48.9 Å². The number of anilines is 2. The van der Waals surface area contributed by atoms with E-state index in [0.717, 1.165) is 35.3 Å². The van der Waals surface area contributed by atoms with Crippen molar-refractivity contribution in [1.29, 1.82) is 0 Å². The minimum atomic E-state index is -1.82. The summed E-state index contributed by atoms with van der Waals surface area (Å²) < 4.78 is 5.47. The monoisotopic (exact) mass is 524 g/mol. The van der Waals surface area contributed by atoms with Gasteiger partial charge in [-0.25, -0.2) is 24.4 Å². The molecule has 0 saturated carbocycles. The van der Waals surface area contributed by atoms with Crippen LogP contribution in [0.25, 0.3) is 11.4 Å². The summed E-state index contributed by atoms with van der Waals surface area (Å²) in [5.74, 6) is -1.76. The Morgan fingerprint density at radius 1 is 1.08 bits per heavy atom. The van der Waals surface area contributed by atoms with Gasteiger partial charge in [0.15, 0.2) is 5.82 Å². The number of hydrogen-bond acceptors (Lipinski definition) is 8. The topological polar surface area (TPSA) is 176 Å². The summed E-state index contributed by atoms with van der Waals surface area (Å²) in [4.78, 5) is 43.6. The molecule has 2 heterocycles. The molecule has 0 fully saturated rings. The van der Waals surface area contributed by atoms with Gasteiger partial charge in [-0.05, 0) is 50.1 Å². The molecule has 202 valence electrons. The molecule has 1 aromatic carbocycles. The number of hydrogen-bond donors (Lipinski definition) is 5. The molecule has 3 rings (SSSR count). The fraction of sp³-hybridized carbons (Fsp3) is 0.308. The number of methoxy groups -OCH3 is 1. The number of carboxylic acids is 2. The van der Waals surface area contributed by atoms with E-state index in [1.54, 1.807) is 19.4 Å². The van der Waals surface area contributed by atoms with Crippen LogP contribution in [0.5, 0.6) is 5.75 Å². The van der Waals surface area contributed by atoms with Crippen molar-refractivity contribution in [2.45, 2.75) is 39.7 Å². The zero-order chi connectivity index (χ0) is 28.1. The van der Waals surface area contributed by atoms with Gasteiger partial charge in [0, 0.05) is 36.3 Å². The molecule has 2 amide bonds. The summed E-state index contributed by atoms with van der Waals surface area (Å²) in [6.07, 6.45) is 7.46. The lowest BCUT2D eigenvalue weighted by atomic mass is 10.0. The number of ether oxygens (including phenoxy) is 1. The van der Waals surface area contributed by atoms with Crippen LogP contribution < -0.4 is 20.7 Å². The molecular weight excluding hydrogens is 492 g/mol. The number of aromatic nitrogens is 3. The van der Waals surface area contributed by atoms with E-state index in [9.17, 15) is 4.79 Å². The highest BCUT2D eigenvalue weighted by molar-refractivity contribution is 6.27. The van der Waals surface area contributed by atoms with Crippen LogP contribution in [0.4, 0.5) is 16.3 Å². The van der Waals surface area contributed by atoms with Crippen molar-refractivity contribution in [3.05, 3.63) is 60.0 Å². The molecule has 12 nitrogen and oxygen atoms in total. The molecule has 0 aliphatic heterocycles. The van der Waals surface area contributed by atoms with E-state index in [2.05, 4.69) is 38.9 Å². The maximum Gasteiger partial charge on any atom is 0.414 e. The SMILES string of the molecule is CCC[C@H](Nc1nc(-c2ccc(NC(=O)NCC)c(OC)c2)ncc1C)c1cccnc1.O=C(O)C(=O)O. The van der Waals surface area contributed by atoms with Gasteiger partial charge in [-0.15, -0.1) is 0 Å². The van der Waals surface area contributed by atoms with E-state index >= 15 is 0 Å². The number of pyridine rings is 1. The average molecular weight is 525 g/mol. The maximum atomic E-state index is 11.9. The first-order valence-corrected chi connectivity index (χ1v) is 11.9. The Bertz CT molecular complexity index is 1230. The van der Waals surface area contributed by atoms with Crippen LogP contribution in [-0.4, -0.2) is 56.8 Å².